The summed E-state index contributed by atoms with van der Waals surface area (Å²) in [5, 5.41) is 18.1. The van der Waals surface area contributed by atoms with Gasteiger partial charge >= 0.3 is 5.97 Å². The number of hydrogen-bond acceptors (Lipinski definition) is 5. The van der Waals surface area contributed by atoms with E-state index in [2.05, 4.69) is 4.98 Å². The predicted molar refractivity (Wildman–Crippen MR) is 74.8 cm³/mol. The van der Waals surface area contributed by atoms with Crippen molar-refractivity contribution in [3.63, 3.8) is 0 Å². The van der Waals surface area contributed by atoms with Crippen LogP contribution in [0.1, 0.15) is 15.9 Å². The van der Waals surface area contributed by atoms with Crippen molar-refractivity contribution in [2.75, 3.05) is 17.7 Å². The van der Waals surface area contributed by atoms with Gasteiger partial charge in [-0.05, 0) is 24.3 Å². The van der Waals surface area contributed by atoms with E-state index in [1.54, 1.807) is 36.2 Å². The average molecular weight is 268 g/mol. The molecule has 0 aliphatic carbocycles. The smallest absolute Gasteiger partial charge is 0.339 e. The fraction of sp³-hybridized carbons (Fsp3) is 0.0714. The molecule has 0 saturated carbocycles. The van der Waals surface area contributed by atoms with Crippen molar-refractivity contribution in [2.45, 2.75) is 0 Å². The van der Waals surface area contributed by atoms with Crippen LogP contribution in [-0.4, -0.2) is 23.1 Å². The maximum absolute atomic E-state index is 11.3. The first-order valence-corrected chi connectivity index (χ1v) is 5.75. The molecule has 20 heavy (non-hydrogen) atoms. The number of nitrogens with zero attached hydrogens (tertiary/aromatic N) is 3. The number of aromatic carboxylic acids is 1. The van der Waals surface area contributed by atoms with E-state index in [0.29, 0.717) is 11.3 Å². The molecule has 2 rings (SSSR count). The molecule has 100 valence electrons. The number of anilines is 3. The summed E-state index contributed by atoms with van der Waals surface area (Å²) < 4.78 is 0. The lowest BCUT2D eigenvalue weighted by molar-refractivity contribution is 0.0697. The number of carbonyl (C=O) groups is 1. The Balaban J connectivity index is 2.50. The van der Waals surface area contributed by atoms with E-state index >= 15 is 0 Å². The molecular weight excluding hydrogens is 256 g/mol. The van der Waals surface area contributed by atoms with Gasteiger partial charge in [0.1, 0.15) is 11.4 Å². The van der Waals surface area contributed by atoms with Gasteiger partial charge in [0.05, 0.1) is 23.5 Å². The second-order valence-electron chi connectivity index (χ2n) is 4.17. The first kappa shape index (κ1) is 13.4. The first-order valence-electron chi connectivity index (χ1n) is 5.75. The van der Waals surface area contributed by atoms with Gasteiger partial charge in [0.15, 0.2) is 0 Å². The third kappa shape index (κ3) is 2.52. The molecule has 0 unspecified atom stereocenters. The quantitative estimate of drug-likeness (QED) is 0.882. The third-order valence-electron chi connectivity index (χ3n) is 2.80. The minimum Gasteiger partial charge on any atom is -0.478 e. The number of hydrogen-bond donors (Lipinski definition) is 2. The summed E-state index contributed by atoms with van der Waals surface area (Å²) in [6.45, 7) is 0. The van der Waals surface area contributed by atoms with Crippen molar-refractivity contribution in [1.29, 1.82) is 5.26 Å². The van der Waals surface area contributed by atoms with Crippen LogP contribution >= 0.6 is 0 Å². The molecule has 2 aromatic rings. The second-order valence-corrected chi connectivity index (χ2v) is 4.17. The maximum atomic E-state index is 11.3. The Morgan fingerprint density at radius 1 is 1.45 bits per heavy atom. The molecule has 1 aromatic carbocycles. The summed E-state index contributed by atoms with van der Waals surface area (Å²) in [5.74, 6) is -0.843. The standard InChI is InChI=1S/C14H12N4O2/c1-18(11-4-2-3-9(5-11)7-15)13-12(14(19)20)6-10(16)8-17-13/h2-6,8H,16H2,1H3,(H,19,20). The summed E-state index contributed by atoms with van der Waals surface area (Å²) in [4.78, 5) is 16.9. The Kier molecular flexibility index (Phi) is 3.53. The molecule has 6 heteroatoms. The van der Waals surface area contributed by atoms with Crippen molar-refractivity contribution in [3.05, 3.63) is 47.7 Å². The van der Waals surface area contributed by atoms with E-state index in [1.165, 1.54) is 12.3 Å². The van der Waals surface area contributed by atoms with Gasteiger partial charge in [-0.15, -0.1) is 0 Å². The van der Waals surface area contributed by atoms with Crippen LogP contribution in [0.4, 0.5) is 17.2 Å². The summed E-state index contributed by atoms with van der Waals surface area (Å²) in [5.41, 5.74) is 7.01. The van der Waals surface area contributed by atoms with Crippen LogP contribution in [0.5, 0.6) is 0 Å². The highest BCUT2D eigenvalue weighted by atomic mass is 16.4. The van der Waals surface area contributed by atoms with E-state index in [4.69, 9.17) is 11.0 Å². The van der Waals surface area contributed by atoms with Crippen LogP contribution in [0, 0.1) is 11.3 Å². The Morgan fingerprint density at radius 2 is 2.20 bits per heavy atom. The molecule has 0 atom stereocenters. The van der Waals surface area contributed by atoms with Crippen molar-refractivity contribution in [3.8, 4) is 6.07 Å². The van der Waals surface area contributed by atoms with Gasteiger partial charge in [0.25, 0.3) is 0 Å². The lowest BCUT2D eigenvalue weighted by Gasteiger charge is -2.20. The van der Waals surface area contributed by atoms with Gasteiger partial charge < -0.3 is 15.7 Å². The van der Waals surface area contributed by atoms with Crippen molar-refractivity contribution in [1.82, 2.24) is 4.98 Å². The lowest BCUT2D eigenvalue weighted by Crippen LogP contribution is -2.16. The van der Waals surface area contributed by atoms with Crippen LogP contribution in [0.15, 0.2) is 36.5 Å². The molecule has 3 N–H and O–H groups in total. The van der Waals surface area contributed by atoms with Crippen molar-refractivity contribution >= 4 is 23.2 Å². The highest BCUT2D eigenvalue weighted by Gasteiger charge is 2.17. The summed E-state index contributed by atoms with van der Waals surface area (Å²) >= 11 is 0. The minimum absolute atomic E-state index is 0.00913. The second kappa shape index (κ2) is 5.28. The minimum atomic E-state index is -1.11. The first-order chi connectivity index (χ1) is 9.52. The number of nitriles is 1. The van der Waals surface area contributed by atoms with Crippen LogP contribution < -0.4 is 10.6 Å². The Morgan fingerprint density at radius 3 is 2.85 bits per heavy atom. The fourth-order valence-electron chi connectivity index (χ4n) is 1.80. The summed E-state index contributed by atoms with van der Waals surface area (Å²) in [6.07, 6.45) is 1.40. The van der Waals surface area contributed by atoms with Crippen LogP contribution in [-0.2, 0) is 0 Å². The third-order valence-corrected chi connectivity index (χ3v) is 2.80. The number of nitrogens with two attached hydrogens (primary N) is 1. The summed E-state index contributed by atoms with van der Waals surface area (Å²) in [6, 6.07) is 10.2. The number of rotatable bonds is 3. The van der Waals surface area contributed by atoms with Gasteiger partial charge in [-0.1, -0.05) is 6.07 Å². The Labute approximate surface area is 115 Å². The Bertz CT molecular complexity index is 707. The van der Waals surface area contributed by atoms with E-state index < -0.39 is 5.97 Å². The molecule has 0 bridgehead atoms. The molecule has 1 heterocycles. The number of aromatic nitrogens is 1. The Hall–Kier alpha value is -3.07. The molecule has 0 amide bonds. The fourth-order valence-corrected chi connectivity index (χ4v) is 1.80. The molecule has 0 fully saturated rings. The zero-order valence-electron chi connectivity index (χ0n) is 10.7. The zero-order valence-corrected chi connectivity index (χ0v) is 10.7. The lowest BCUT2D eigenvalue weighted by atomic mass is 10.2. The van der Waals surface area contributed by atoms with Gasteiger partial charge in [0.2, 0.25) is 0 Å². The van der Waals surface area contributed by atoms with E-state index in [-0.39, 0.29) is 17.1 Å². The number of carboxylic acid groups (broad SMARTS) is 1. The monoisotopic (exact) mass is 268 g/mol. The maximum Gasteiger partial charge on any atom is 0.339 e. The molecule has 0 saturated heterocycles. The van der Waals surface area contributed by atoms with E-state index in [9.17, 15) is 9.90 Å². The molecular formula is C14H12N4O2. The normalized spacial score (nSPS) is 9.80. The predicted octanol–water partition coefficient (Wildman–Crippen LogP) is 2.00. The zero-order chi connectivity index (χ0) is 14.7. The van der Waals surface area contributed by atoms with E-state index in [0.717, 1.165) is 0 Å². The number of pyridine rings is 1. The molecule has 0 radical (unpaired) electrons. The molecule has 0 aliphatic rings. The van der Waals surface area contributed by atoms with Crippen LogP contribution in [0.2, 0.25) is 0 Å². The topological polar surface area (TPSA) is 103 Å². The van der Waals surface area contributed by atoms with Gasteiger partial charge in [-0.25, -0.2) is 9.78 Å². The van der Waals surface area contributed by atoms with Crippen molar-refractivity contribution < 1.29 is 9.90 Å². The molecule has 6 nitrogen and oxygen atoms in total. The molecule has 1 aromatic heterocycles. The molecule has 0 spiro atoms. The highest BCUT2D eigenvalue weighted by molar-refractivity contribution is 5.95. The van der Waals surface area contributed by atoms with Gasteiger partial charge in [0, 0.05) is 12.7 Å². The number of nitrogen functional groups attached to an aromatic ring is 1. The average Bonchev–Trinajstić information content (AvgIpc) is 2.46. The van der Waals surface area contributed by atoms with Gasteiger partial charge in [-0.2, -0.15) is 5.26 Å². The van der Waals surface area contributed by atoms with Crippen molar-refractivity contribution in [2.24, 2.45) is 0 Å². The van der Waals surface area contributed by atoms with Crippen LogP contribution in [0.3, 0.4) is 0 Å². The highest BCUT2D eigenvalue weighted by Crippen LogP contribution is 2.26. The largest absolute Gasteiger partial charge is 0.478 e. The van der Waals surface area contributed by atoms with Gasteiger partial charge in [-0.3, -0.25) is 0 Å². The SMILES string of the molecule is CN(c1cccc(C#N)c1)c1ncc(N)cc1C(=O)O. The summed E-state index contributed by atoms with van der Waals surface area (Å²) in [7, 11) is 1.68. The number of benzene rings is 1. The van der Waals surface area contributed by atoms with E-state index in [1.807, 2.05) is 6.07 Å². The van der Waals surface area contributed by atoms with Crippen LogP contribution in [0.25, 0.3) is 0 Å². The number of carboxylic acids is 1. The molecule has 0 aliphatic heterocycles.